The van der Waals surface area contributed by atoms with Crippen LogP contribution in [0.2, 0.25) is 0 Å². The van der Waals surface area contributed by atoms with Gasteiger partial charge in [-0.3, -0.25) is 14.5 Å². The maximum atomic E-state index is 12.9. The van der Waals surface area contributed by atoms with Crippen molar-refractivity contribution in [2.45, 2.75) is 26.2 Å². The number of benzene rings is 2. The molecule has 1 saturated heterocycles. The lowest BCUT2D eigenvalue weighted by Crippen LogP contribution is -2.31. The molecule has 1 fully saturated rings. The number of hydrogen-bond donors (Lipinski definition) is 0. The Morgan fingerprint density at radius 2 is 1.77 bits per heavy atom. The average Bonchev–Trinajstić information content (AvgIpc) is 2.96. The number of hydrogen-bond acceptors (Lipinski definition) is 4. The number of ether oxygens (including phenoxy) is 1. The van der Waals surface area contributed by atoms with Crippen LogP contribution in [0.4, 0.5) is 5.69 Å². The summed E-state index contributed by atoms with van der Waals surface area (Å²) in [5.41, 5.74) is 1.91. The number of rotatable bonds is 5. The lowest BCUT2D eigenvalue weighted by Gasteiger charge is -2.19. The van der Waals surface area contributed by atoms with Gasteiger partial charge in [-0.05, 0) is 42.7 Å². The molecule has 2 atom stereocenters. The molecule has 5 heteroatoms. The summed E-state index contributed by atoms with van der Waals surface area (Å²) in [6.45, 7) is 4.00. The fourth-order valence-electron chi connectivity index (χ4n) is 3.27. The van der Waals surface area contributed by atoms with Crippen molar-refractivity contribution < 1.29 is 19.1 Å². The van der Waals surface area contributed by atoms with Crippen molar-refractivity contribution in [1.29, 1.82) is 0 Å². The van der Waals surface area contributed by atoms with E-state index in [9.17, 15) is 14.4 Å². The summed E-state index contributed by atoms with van der Waals surface area (Å²) in [6.07, 6.45) is 0.189. The van der Waals surface area contributed by atoms with Gasteiger partial charge in [0.15, 0.2) is 0 Å². The van der Waals surface area contributed by atoms with E-state index in [1.54, 1.807) is 31.2 Å². The van der Waals surface area contributed by atoms with Crippen molar-refractivity contribution in [2.75, 3.05) is 11.5 Å². The summed E-state index contributed by atoms with van der Waals surface area (Å²) in [7, 11) is 0. The Kier molecular flexibility index (Phi) is 5.16. The summed E-state index contributed by atoms with van der Waals surface area (Å²) >= 11 is 0. The van der Waals surface area contributed by atoms with Crippen LogP contribution in [0.15, 0.2) is 54.6 Å². The monoisotopic (exact) mass is 351 g/mol. The van der Waals surface area contributed by atoms with Gasteiger partial charge in [0.2, 0.25) is 11.8 Å². The molecule has 2 aromatic carbocycles. The van der Waals surface area contributed by atoms with Crippen molar-refractivity contribution in [1.82, 2.24) is 0 Å². The predicted octanol–water partition coefficient (Wildman–Crippen LogP) is 3.55. The van der Waals surface area contributed by atoms with E-state index in [1.165, 1.54) is 4.90 Å². The Morgan fingerprint density at radius 3 is 2.38 bits per heavy atom. The highest BCUT2D eigenvalue weighted by Gasteiger charge is 2.42. The highest BCUT2D eigenvalue weighted by Crippen LogP contribution is 2.35. The highest BCUT2D eigenvalue weighted by atomic mass is 16.5. The van der Waals surface area contributed by atoms with Gasteiger partial charge in [0.25, 0.3) is 0 Å². The molecule has 0 radical (unpaired) electrons. The number of carbonyl (C=O) groups is 3. The normalized spacial score (nSPS) is 18.1. The average molecular weight is 351 g/mol. The van der Waals surface area contributed by atoms with Crippen LogP contribution in [0.25, 0.3) is 0 Å². The largest absolute Gasteiger partial charge is 0.462 e. The maximum Gasteiger partial charge on any atom is 0.338 e. The highest BCUT2D eigenvalue weighted by molar-refractivity contribution is 6.21. The quantitative estimate of drug-likeness (QED) is 0.610. The van der Waals surface area contributed by atoms with Gasteiger partial charge in [0.05, 0.1) is 23.8 Å². The topological polar surface area (TPSA) is 63.7 Å². The van der Waals surface area contributed by atoms with Gasteiger partial charge < -0.3 is 4.74 Å². The number of anilines is 1. The lowest BCUT2D eigenvalue weighted by atomic mass is 9.86. The van der Waals surface area contributed by atoms with Gasteiger partial charge in [-0.2, -0.15) is 0 Å². The van der Waals surface area contributed by atoms with Crippen molar-refractivity contribution in [2.24, 2.45) is 5.92 Å². The molecule has 0 N–H and O–H groups in total. The molecule has 26 heavy (non-hydrogen) atoms. The van der Waals surface area contributed by atoms with Crippen LogP contribution >= 0.6 is 0 Å². The molecule has 2 aromatic rings. The fourth-order valence-corrected chi connectivity index (χ4v) is 3.27. The van der Waals surface area contributed by atoms with Crippen molar-refractivity contribution in [3.8, 4) is 0 Å². The van der Waals surface area contributed by atoms with Crippen LogP contribution in [0.1, 0.15) is 42.1 Å². The molecule has 5 nitrogen and oxygen atoms in total. The first-order chi connectivity index (χ1) is 12.5. The Labute approximate surface area is 152 Å². The Hall–Kier alpha value is -2.95. The summed E-state index contributed by atoms with van der Waals surface area (Å²) < 4.78 is 4.95. The molecule has 1 heterocycles. The van der Waals surface area contributed by atoms with E-state index in [-0.39, 0.29) is 30.1 Å². The summed E-state index contributed by atoms with van der Waals surface area (Å²) in [6, 6.07) is 16.1. The molecule has 0 unspecified atom stereocenters. The number of amides is 2. The second-order valence-corrected chi connectivity index (χ2v) is 6.34. The summed E-state index contributed by atoms with van der Waals surface area (Å²) in [5.74, 6) is -1.26. The first-order valence-corrected chi connectivity index (χ1v) is 8.71. The van der Waals surface area contributed by atoms with Crippen LogP contribution in [0, 0.1) is 5.92 Å². The van der Waals surface area contributed by atoms with Gasteiger partial charge >= 0.3 is 5.97 Å². The van der Waals surface area contributed by atoms with Crippen LogP contribution in [-0.2, 0) is 14.3 Å². The van der Waals surface area contributed by atoms with E-state index >= 15 is 0 Å². The van der Waals surface area contributed by atoms with E-state index in [4.69, 9.17) is 4.74 Å². The van der Waals surface area contributed by atoms with E-state index in [1.807, 2.05) is 37.3 Å². The second kappa shape index (κ2) is 7.52. The van der Waals surface area contributed by atoms with E-state index in [0.29, 0.717) is 17.9 Å². The molecule has 1 aliphatic heterocycles. The maximum absolute atomic E-state index is 12.9. The van der Waals surface area contributed by atoms with E-state index < -0.39 is 5.97 Å². The molecule has 0 bridgehead atoms. The molecule has 3 rings (SSSR count). The van der Waals surface area contributed by atoms with Gasteiger partial charge in [-0.1, -0.05) is 37.3 Å². The third-order valence-electron chi connectivity index (χ3n) is 4.75. The van der Waals surface area contributed by atoms with Crippen molar-refractivity contribution >= 4 is 23.5 Å². The van der Waals surface area contributed by atoms with Crippen LogP contribution in [0.5, 0.6) is 0 Å². The van der Waals surface area contributed by atoms with Gasteiger partial charge in [-0.25, -0.2) is 4.79 Å². The first-order valence-electron chi connectivity index (χ1n) is 8.71. The third-order valence-corrected chi connectivity index (χ3v) is 4.75. The number of esters is 1. The molecular weight excluding hydrogens is 330 g/mol. The molecule has 134 valence electrons. The summed E-state index contributed by atoms with van der Waals surface area (Å²) in [5, 5.41) is 0. The number of imide groups is 1. The zero-order chi connectivity index (χ0) is 18.7. The second-order valence-electron chi connectivity index (χ2n) is 6.34. The number of carbonyl (C=O) groups excluding carboxylic acids is 3. The van der Waals surface area contributed by atoms with Gasteiger partial charge in [0.1, 0.15) is 0 Å². The third kappa shape index (κ3) is 3.38. The fraction of sp³-hybridized carbons (Fsp3) is 0.286. The lowest BCUT2D eigenvalue weighted by molar-refractivity contribution is -0.122. The number of nitrogens with zero attached hydrogens (tertiary/aromatic N) is 1. The van der Waals surface area contributed by atoms with Gasteiger partial charge in [-0.15, -0.1) is 0 Å². The zero-order valence-electron chi connectivity index (χ0n) is 14.8. The van der Waals surface area contributed by atoms with E-state index in [0.717, 1.165) is 5.56 Å². The van der Waals surface area contributed by atoms with Crippen molar-refractivity contribution in [3.05, 3.63) is 65.7 Å². The molecule has 0 aliphatic carbocycles. The van der Waals surface area contributed by atoms with Crippen LogP contribution < -0.4 is 4.90 Å². The molecular formula is C21H21NO4. The summed E-state index contributed by atoms with van der Waals surface area (Å²) in [4.78, 5) is 38.3. The van der Waals surface area contributed by atoms with Gasteiger partial charge in [0, 0.05) is 6.42 Å². The van der Waals surface area contributed by atoms with Crippen LogP contribution in [-0.4, -0.2) is 24.4 Å². The van der Waals surface area contributed by atoms with Crippen LogP contribution in [0.3, 0.4) is 0 Å². The Bertz CT molecular complexity index is 814. The minimum atomic E-state index is -0.422. The van der Waals surface area contributed by atoms with E-state index in [2.05, 4.69) is 0 Å². The first kappa shape index (κ1) is 17.9. The minimum Gasteiger partial charge on any atom is -0.462 e. The Morgan fingerprint density at radius 1 is 1.12 bits per heavy atom. The standard InChI is InChI=1S/C21H21NO4/c1-3-26-21(25)16-9-11-17(12-10-16)22-19(23)13-18(20(22)24)14(2)15-7-5-4-6-8-15/h4-12,14,18H,3,13H2,1-2H3/t14-,18+/m0/s1. The zero-order valence-corrected chi connectivity index (χ0v) is 14.8. The SMILES string of the molecule is CCOC(=O)c1ccc(N2C(=O)C[C@H]([C@@H](C)c3ccccc3)C2=O)cc1. The van der Waals surface area contributed by atoms with Crippen molar-refractivity contribution in [3.63, 3.8) is 0 Å². The molecule has 1 aliphatic rings. The molecule has 0 saturated carbocycles. The molecule has 0 spiro atoms. The predicted molar refractivity (Wildman–Crippen MR) is 97.9 cm³/mol. The molecule has 0 aromatic heterocycles. The Balaban J connectivity index is 1.80. The molecule has 2 amide bonds. The smallest absolute Gasteiger partial charge is 0.338 e. The minimum absolute atomic E-state index is 0.0449.